The molecular weight excluding hydrogens is 423 g/mol. The van der Waals surface area contributed by atoms with Gasteiger partial charge in [-0.25, -0.2) is 9.78 Å². The van der Waals surface area contributed by atoms with E-state index in [0.29, 0.717) is 5.69 Å². The lowest BCUT2D eigenvalue weighted by molar-refractivity contribution is -0.136. The van der Waals surface area contributed by atoms with Crippen LogP contribution in [-0.2, 0) is 6.18 Å². The minimum Gasteiger partial charge on any atom is -0.308 e. The second kappa shape index (κ2) is 8.61. The smallest absolute Gasteiger partial charge is 0.308 e. The summed E-state index contributed by atoms with van der Waals surface area (Å²) in [5, 5.41) is 7.63. The van der Waals surface area contributed by atoms with Crippen molar-refractivity contribution in [2.75, 3.05) is 10.6 Å². The summed E-state index contributed by atoms with van der Waals surface area (Å²) in [5.74, 6) is 0. The fourth-order valence-corrected chi connectivity index (χ4v) is 3.84. The van der Waals surface area contributed by atoms with Crippen LogP contribution in [0.1, 0.15) is 5.56 Å². The third-order valence-corrected chi connectivity index (χ3v) is 5.31. The molecule has 0 saturated carbocycles. The van der Waals surface area contributed by atoms with Crippen LogP contribution in [0.15, 0.2) is 84.2 Å². The van der Waals surface area contributed by atoms with Crippen molar-refractivity contribution in [2.45, 2.75) is 6.18 Å². The molecule has 1 heterocycles. The van der Waals surface area contributed by atoms with E-state index < -0.39 is 17.8 Å². The van der Waals surface area contributed by atoms with Crippen LogP contribution in [0.4, 0.5) is 29.3 Å². The Balaban J connectivity index is 1.50. The van der Waals surface area contributed by atoms with E-state index in [1.807, 2.05) is 41.8 Å². The number of carbonyl (C=O) groups excluding carboxylic acids is 1. The molecule has 4 rings (SSSR count). The summed E-state index contributed by atoms with van der Waals surface area (Å²) in [6.07, 6.45) is -4.56. The highest BCUT2D eigenvalue weighted by atomic mass is 32.1. The molecule has 0 spiro atoms. The number of alkyl halides is 3. The predicted octanol–water partition coefficient (Wildman–Crippen LogP) is 7.14. The van der Waals surface area contributed by atoms with E-state index in [2.05, 4.69) is 15.6 Å². The molecule has 4 aromatic rings. The van der Waals surface area contributed by atoms with Crippen LogP contribution in [0.5, 0.6) is 0 Å². The normalized spacial score (nSPS) is 11.2. The molecule has 156 valence electrons. The Hall–Kier alpha value is -3.65. The van der Waals surface area contributed by atoms with Gasteiger partial charge in [0.25, 0.3) is 0 Å². The number of para-hydroxylation sites is 1. The zero-order valence-electron chi connectivity index (χ0n) is 16.0. The van der Waals surface area contributed by atoms with Crippen molar-refractivity contribution in [1.82, 2.24) is 4.98 Å². The van der Waals surface area contributed by atoms with Crippen LogP contribution in [0.3, 0.4) is 0 Å². The van der Waals surface area contributed by atoms with Crippen LogP contribution in [0, 0.1) is 0 Å². The first-order chi connectivity index (χ1) is 14.9. The van der Waals surface area contributed by atoms with Gasteiger partial charge in [0.15, 0.2) is 0 Å². The fraction of sp³-hybridized carbons (Fsp3) is 0.0435. The predicted molar refractivity (Wildman–Crippen MR) is 117 cm³/mol. The van der Waals surface area contributed by atoms with E-state index in [0.717, 1.165) is 27.9 Å². The number of rotatable bonds is 4. The largest absolute Gasteiger partial charge is 0.418 e. The number of halogens is 3. The highest BCUT2D eigenvalue weighted by Gasteiger charge is 2.33. The van der Waals surface area contributed by atoms with Crippen molar-refractivity contribution in [1.29, 1.82) is 0 Å². The van der Waals surface area contributed by atoms with Crippen molar-refractivity contribution in [3.63, 3.8) is 0 Å². The number of hydrogen-bond acceptors (Lipinski definition) is 3. The molecule has 0 bridgehead atoms. The standard InChI is InChI=1S/C23H16F3N3OS/c24-23(25,26)18-11-4-5-12-19(18)29-22(30)27-17-10-6-9-16(13-17)20-14-31-21(28-20)15-7-2-1-3-8-15/h1-14H,(H2,27,29,30). The van der Waals surface area contributed by atoms with Crippen LogP contribution < -0.4 is 10.6 Å². The van der Waals surface area contributed by atoms with Crippen molar-refractivity contribution in [2.24, 2.45) is 0 Å². The summed E-state index contributed by atoms with van der Waals surface area (Å²) in [7, 11) is 0. The summed E-state index contributed by atoms with van der Waals surface area (Å²) in [4.78, 5) is 16.9. The van der Waals surface area contributed by atoms with Gasteiger partial charge in [-0.1, -0.05) is 54.6 Å². The topological polar surface area (TPSA) is 54.0 Å². The van der Waals surface area contributed by atoms with E-state index in [9.17, 15) is 18.0 Å². The molecule has 31 heavy (non-hydrogen) atoms. The fourth-order valence-electron chi connectivity index (χ4n) is 3.00. The maximum atomic E-state index is 13.1. The highest BCUT2D eigenvalue weighted by Crippen LogP contribution is 2.35. The van der Waals surface area contributed by atoms with E-state index in [1.165, 1.54) is 29.5 Å². The Kier molecular flexibility index (Phi) is 5.73. The molecule has 2 amide bonds. The summed E-state index contributed by atoms with van der Waals surface area (Å²) in [5.41, 5.74) is 1.76. The van der Waals surface area contributed by atoms with Crippen LogP contribution >= 0.6 is 11.3 Å². The maximum absolute atomic E-state index is 13.1. The third-order valence-electron chi connectivity index (χ3n) is 4.42. The van der Waals surface area contributed by atoms with E-state index in [-0.39, 0.29) is 5.69 Å². The number of anilines is 2. The molecule has 3 aromatic carbocycles. The Morgan fingerprint density at radius 2 is 1.55 bits per heavy atom. The summed E-state index contributed by atoms with van der Waals surface area (Å²) >= 11 is 1.51. The summed E-state index contributed by atoms with van der Waals surface area (Å²) in [6, 6.07) is 20.8. The van der Waals surface area contributed by atoms with Gasteiger partial charge >= 0.3 is 12.2 Å². The first-order valence-corrected chi connectivity index (χ1v) is 10.1. The van der Waals surface area contributed by atoms with Crippen molar-refractivity contribution in [3.8, 4) is 21.8 Å². The molecule has 0 atom stereocenters. The first-order valence-electron chi connectivity index (χ1n) is 9.26. The number of hydrogen-bond donors (Lipinski definition) is 2. The summed E-state index contributed by atoms with van der Waals surface area (Å²) in [6.45, 7) is 0. The van der Waals surface area contributed by atoms with Crippen molar-refractivity contribution < 1.29 is 18.0 Å². The lowest BCUT2D eigenvalue weighted by Crippen LogP contribution is -2.21. The molecule has 1 aromatic heterocycles. The van der Waals surface area contributed by atoms with Crippen LogP contribution in [-0.4, -0.2) is 11.0 Å². The Labute approximate surface area is 180 Å². The second-order valence-electron chi connectivity index (χ2n) is 6.61. The Bertz CT molecular complexity index is 1210. The molecular formula is C23H16F3N3OS. The molecule has 8 heteroatoms. The minimum atomic E-state index is -4.56. The zero-order chi connectivity index (χ0) is 21.8. The van der Waals surface area contributed by atoms with Gasteiger partial charge < -0.3 is 10.6 Å². The van der Waals surface area contributed by atoms with E-state index in [1.54, 1.807) is 18.2 Å². The maximum Gasteiger partial charge on any atom is 0.418 e. The molecule has 0 aliphatic rings. The number of benzene rings is 3. The van der Waals surface area contributed by atoms with Gasteiger partial charge in [-0.2, -0.15) is 13.2 Å². The number of aromatic nitrogens is 1. The lowest BCUT2D eigenvalue weighted by atomic mass is 10.1. The number of thiazole rings is 1. The SMILES string of the molecule is O=C(Nc1cccc(-c2csc(-c3ccccc3)n2)c1)Nc1ccccc1C(F)(F)F. The number of nitrogens with zero attached hydrogens (tertiary/aromatic N) is 1. The van der Waals surface area contributed by atoms with Crippen LogP contribution in [0.2, 0.25) is 0 Å². The minimum absolute atomic E-state index is 0.310. The monoisotopic (exact) mass is 439 g/mol. The van der Waals surface area contributed by atoms with Gasteiger partial charge in [0.05, 0.1) is 16.9 Å². The molecule has 0 fully saturated rings. The van der Waals surface area contributed by atoms with Gasteiger partial charge in [0, 0.05) is 22.2 Å². The number of amides is 2. The molecule has 0 aliphatic heterocycles. The average Bonchev–Trinajstić information content (AvgIpc) is 3.24. The Morgan fingerprint density at radius 3 is 2.32 bits per heavy atom. The lowest BCUT2D eigenvalue weighted by Gasteiger charge is -2.14. The van der Waals surface area contributed by atoms with Crippen LogP contribution in [0.25, 0.3) is 21.8 Å². The molecule has 0 radical (unpaired) electrons. The first kappa shape index (κ1) is 20.6. The molecule has 2 N–H and O–H groups in total. The van der Waals surface area contributed by atoms with Gasteiger partial charge in [-0.05, 0) is 24.3 Å². The second-order valence-corrected chi connectivity index (χ2v) is 7.47. The summed E-state index contributed by atoms with van der Waals surface area (Å²) < 4.78 is 39.3. The van der Waals surface area contributed by atoms with Gasteiger partial charge in [-0.15, -0.1) is 11.3 Å². The molecule has 0 unspecified atom stereocenters. The molecule has 0 saturated heterocycles. The van der Waals surface area contributed by atoms with Gasteiger partial charge in [-0.3, -0.25) is 0 Å². The quantitative estimate of drug-likeness (QED) is 0.355. The number of carbonyl (C=O) groups is 1. The van der Waals surface area contributed by atoms with Gasteiger partial charge in [0.2, 0.25) is 0 Å². The average molecular weight is 439 g/mol. The Morgan fingerprint density at radius 1 is 0.839 bits per heavy atom. The van der Waals surface area contributed by atoms with E-state index in [4.69, 9.17) is 0 Å². The number of urea groups is 1. The van der Waals surface area contributed by atoms with Gasteiger partial charge in [0.1, 0.15) is 5.01 Å². The zero-order valence-corrected chi connectivity index (χ0v) is 16.8. The third kappa shape index (κ3) is 4.92. The molecule has 4 nitrogen and oxygen atoms in total. The van der Waals surface area contributed by atoms with Crippen molar-refractivity contribution in [3.05, 3.63) is 89.8 Å². The molecule has 0 aliphatic carbocycles. The number of nitrogens with one attached hydrogen (secondary N) is 2. The highest BCUT2D eigenvalue weighted by molar-refractivity contribution is 7.13. The van der Waals surface area contributed by atoms with Crippen molar-refractivity contribution >= 4 is 28.7 Å². The van der Waals surface area contributed by atoms with E-state index >= 15 is 0 Å².